The van der Waals surface area contributed by atoms with E-state index in [1.807, 2.05) is 48.5 Å². The maximum atomic E-state index is 12.8. The van der Waals surface area contributed by atoms with E-state index < -0.39 is 29.6 Å². The third-order valence-electron chi connectivity index (χ3n) is 5.45. The van der Waals surface area contributed by atoms with Crippen LogP contribution < -0.4 is 26.6 Å². The first-order valence-corrected chi connectivity index (χ1v) is 14.2. The smallest absolute Gasteiger partial charge is 0.243 e. The van der Waals surface area contributed by atoms with Gasteiger partial charge in [-0.05, 0) is 74.7 Å². The summed E-state index contributed by atoms with van der Waals surface area (Å²) in [6.07, 6.45) is 1.63. The van der Waals surface area contributed by atoms with Crippen molar-refractivity contribution in [3.63, 3.8) is 0 Å². The SMILES string of the molecule is CC(C)NC(=O)CNC(=O)C(CCCCNC(=O)CCOC(C)(C)COC(C)(C)C)NC(=O)CC(C)OCNC=O. The van der Waals surface area contributed by atoms with Gasteiger partial charge in [0.25, 0.3) is 0 Å². The minimum atomic E-state index is -0.865. The quantitative estimate of drug-likeness (QED) is 0.0706. The Kier molecular flexibility index (Phi) is 18.8. The van der Waals surface area contributed by atoms with Gasteiger partial charge < -0.3 is 40.8 Å². The highest BCUT2D eigenvalue weighted by atomic mass is 16.6. The van der Waals surface area contributed by atoms with E-state index in [-0.39, 0.29) is 56.2 Å². The number of nitrogens with one attached hydrogen (secondary N) is 5. The highest BCUT2D eigenvalue weighted by Gasteiger charge is 2.24. The predicted octanol–water partition coefficient (Wildman–Crippen LogP) is 0.898. The predicted molar refractivity (Wildman–Crippen MR) is 155 cm³/mol. The first kappa shape index (κ1) is 38.2. The molecule has 0 radical (unpaired) electrons. The van der Waals surface area contributed by atoms with Crippen LogP contribution >= 0.6 is 0 Å². The Bertz CT molecular complexity index is 814. The van der Waals surface area contributed by atoms with Crippen molar-refractivity contribution in [2.75, 3.05) is 33.0 Å². The van der Waals surface area contributed by atoms with Gasteiger partial charge in [-0.25, -0.2) is 0 Å². The van der Waals surface area contributed by atoms with Crippen LogP contribution in [-0.2, 0) is 38.2 Å². The first-order valence-electron chi connectivity index (χ1n) is 14.2. The van der Waals surface area contributed by atoms with Crippen LogP contribution in [0.5, 0.6) is 0 Å². The van der Waals surface area contributed by atoms with Gasteiger partial charge in [0.05, 0.1) is 43.5 Å². The second-order valence-electron chi connectivity index (χ2n) is 11.8. The Morgan fingerprint density at radius 3 is 2.15 bits per heavy atom. The van der Waals surface area contributed by atoms with Crippen molar-refractivity contribution in [3.8, 4) is 0 Å². The highest BCUT2D eigenvalue weighted by molar-refractivity contribution is 5.90. The van der Waals surface area contributed by atoms with E-state index >= 15 is 0 Å². The summed E-state index contributed by atoms with van der Waals surface area (Å²) in [7, 11) is 0. The van der Waals surface area contributed by atoms with Crippen molar-refractivity contribution in [2.45, 2.75) is 117 Å². The van der Waals surface area contributed by atoms with Crippen LogP contribution in [0.3, 0.4) is 0 Å². The number of unbranched alkanes of at least 4 members (excludes halogenated alkanes) is 1. The Balaban J connectivity index is 4.63. The summed E-state index contributed by atoms with van der Waals surface area (Å²) in [5.74, 6) is -1.36. The van der Waals surface area contributed by atoms with Gasteiger partial charge in [-0.1, -0.05) is 0 Å². The van der Waals surface area contributed by atoms with Crippen molar-refractivity contribution >= 4 is 30.0 Å². The van der Waals surface area contributed by atoms with E-state index in [0.717, 1.165) is 0 Å². The van der Waals surface area contributed by atoms with Crippen LogP contribution in [0.15, 0.2) is 0 Å². The van der Waals surface area contributed by atoms with Gasteiger partial charge in [-0.3, -0.25) is 24.0 Å². The summed E-state index contributed by atoms with van der Waals surface area (Å²) in [6.45, 7) is 15.9. The molecule has 0 aromatic rings. The van der Waals surface area contributed by atoms with Crippen molar-refractivity contribution in [3.05, 3.63) is 0 Å². The van der Waals surface area contributed by atoms with Gasteiger partial charge >= 0.3 is 0 Å². The molecule has 2 unspecified atom stereocenters. The normalized spacial score (nSPS) is 13.2. The molecular weight excluding hydrogens is 534 g/mol. The Morgan fingerprint density at radius 1 is 0.854 bits per heavy atom. The van der Waals surface area contributed by atoms with Gasteiger partial charge in [0.1, 0.15) is 12.8 Å². The minimum absolute atomic E-state index is 0.0184. The number of amides is 5. The molecule has 0 aliphatic carbocycles. The second kappa shape index (κ2) is 20.2. The largest absolute Gasteiger partial charge is 0.373 e. The molecule has 0 heterocycles. The van der Waals surface area contributed by atoms with Crippen LogP contribution in [0.1, 0.15) is 87.5 Å². The molecular formula is C28H53N5O8. The molecule has 0 bridgehead atoms. The van der Waals surface area contributed by atoms with Gasteiger partial charge in [0, 0.05) is 19.0 Å². The number of carbonyl (C=O) groups excluding carboxylic acids is 5. The van der Waals surface area contributed by atoms with Crippen molar-refractivity contribution < 1.29 is 38.2 Å². The number of rotatable bonds is 22. The standard InChI is InChI=1S/C28H53N5O8/c1-20(2)32-25(37)16-31-26(38)22(33-24(36)15-21(3)39-19-29-18-34)11-9-10-13-30-23(35)12-14-40-28(7,8)17-41-27(4,5)6/h18,20-22H,9-17,19H2,1-8H3,(H,29,34)(H,30,35)(H,31,38)(H,32,37)(H,33,36). The zero-order chi connectivity index (χ0) is 31.5. The van der Waals surface area contributed by atoms with E-state index in [9.17, 15) is 24.0 Å². The summed E-state index contributed by atoms with van der Waals surface area (Å²) in [6, 6.07) is -0.933. The Labute approximate surface area is 244 Å². The van der Waals surface area contributed by atoms with Gasteiger partial charge in [0.15, 0.2) is 0 Å². The maximum absolute atomic E-state index is 12.8. The zero-order valence-electron chi connectivity index (χ0n) is 26.1. The van der Waals surface area contributed by atoms with E-state index in [1.165, 1.54) is 0 Å². The molecule has 41 heavy (non-hydrogen) atoms. The number of hydrogen-bond donors (Lipinski definition) is 5. The fourth-order valence-electron chi connectivity index (χ4n) is 3.37. The third-order valence-corrected chi connectivity index (χ3v) is 5.45. The van der Waals surface area contributed by atoms with Crippen molar-refractivity contribution in [1.29, 1.82) is 0 Å². The molecule has 0 rings (SSSR count). The molecule has 0 saturated carbocycles. The lowest BCUT2D eigenvalue weighted by atomic mass is 10.1. The number of ether oxygens (including phenoxy) is 3. The highest BCUT2D eigenvalue weighted by Crippen LogP contribution is 2.15. The molecule has 13 nitrogen and oxygen atoms in total. The summed E-state index contributed by atoms with van der Waals surface area (Å²) in [5, 5.41) is 13.1. The van der Waals surface area contributed by atoms with Crippen LogP contribution in [0.25, 0.3) is 0 Å². The Hall–Kier alpha value is -2.77. The maximum Gasteiger partial charge on any atom is 0.243 e. The van der Waals surface area contributed by atoms with Crippen molar-refractivity contribution in [1.82, 2.24) is 26.6 Å². The molecule has 0 fully saturated rings. The van der Waals surface area contributed by atoms with E-state index in [0.29, 0.717) is 38.8 Å². The summed E-state index contributed by atoms with van der Waals surface area (Å²) >= 11 is 0. The molecule has 5 N–H and O–H groups in total. The molecule has 2 atom stereocenters. The summed E-state index contributed by atoms with van der Waals surface area (Å²) in [5.41, 5.74) is -0.787. The van der Waals surface area contributed by atoms with Gasteiger partial charge in [-0.2, -0.15) is 0 Å². The fraction of sp³-hybridized carbons (Fsp3) is 0.821. The van der Waals surface area contributed by atoms with Gasteiger partial charge in [0.2, 0.25) is 30.0 Å². The lowest BCUT2D eigenvalue weighted by molar-refractivity contribution is -0.131. The van der Waals surface area contributed by atoms with Crippen LogP contribution in [-0.4, -0.2) is 92.5 Å². The average molecular weight is 588 g/mol. The molecule has 0 aliphatic heterocycles. The van der Waals surface area contributed by atoms with Crippen LogP contribution in [0.2, 0.25) is 0 Å². The second-order valence-corrected chi connectivity index (χ2v) is 11.8. The lowest BCUT2D eigenvalue weighted by Crippen LogP contribution is -2.50. The monoisotopic (exact) mass is 587 g/mol. The van der Waals surface area contributed by atoms with E-state index in [1.54, 1.807) is 6.92 Å². The lowest BCUT2D eigenvalue weighted by Gasteiger charge is -2.29. The number of hydrogen-bond acceptors (Lipinski definition) is 8. The third kappa shape index (κ3) is 22.6. The van der Waals surface area contributed by atoms with Crippen LogP contribution in [0, 0.1) is 0 Å². The topological polar surface area (TPSA) is 173 Å². The molecule has 0 spiro atoms. The minimum Gasteiger partial charge on any atom is -0.373 e. The molecule has 238 valence electrons. The summed E-state index contributed by atoms with van der Waals surface area (Å²) in [4.78, 5) is 59.7. The van der Waals surface area contributed by atoms with Gasteiger partial charge in [-0.15, -0.1) is 0 Å². The summed E-state index contributed by atoms with van der Waals surface area (Å²) < 4.78 is 16.9. The zero-order valence-corrected chi connectivity index (χ0v) is 26.1. The molecule has 5 amide bonds. The van der Waals surface area contributed by atoms with E-state index in [4.69, 9.17) is 14.2 Å². The fourth-order valence-corrected chi connectivity index (χ4v) is 3.37. The first-order chi connectivity index (χ1) is 19.0. The molecule has 0 aromatic heterocycles. The van der Waals surface area contributed by atoms with E-state index in [2.05, 4.69) is 26.6 Å². The molecule has 0 aliphatic rings. The molecule has 0 aromatic carbocycles. The average Bonchev–Trinajstić information content (AvgIpc) is 2.84. The Morgan fingerprint density at radius 2 is 1.54 bits per heavy atom. The van der Waals surface area contributed by atoms with Crippen molar-refractivity contribution in [2.24, 2.45) is 0 Å². The molecule has 0 saturated heterocycles. The van der Waals surface area contributed by atoms with Crippen LogP contribution in [0.4, 0.5) is 0 Å². The molecule has 13 heteroatoms. The number of carbonyl (C=O) groups is 5.